The molecule has 1 aliphatic heterocycles. The molecule has 0 spiro atoms. The van der Waals surface area contributed by atoms with Gasteiger partial charge in [-0.1, -0.05) is 36.4 Å². The van der Waals surface area contributed by atoms with Crippen LogP contribution < -0.4 is 5.43 Å². The van der Waals surface area contributed by atoms with Crippen molar-refractivity contribution in [2.75, 3.05) is 20.1 Å². The third-order valence-corrected chi connectivity index (χ3v) is 5.26. The first-order valence-corrected chi connectivity index (χ1v) is 9.56. The van der Waals surface area contributed by atoms with Crippen LogP contribution >= 0.6 is 12.4 Å². The fraction of sp³-hybridized carbons (Fsp3) is 0.304. The highest BCUT2D eigenvalue weighted by Gasteiger charge is 2.24. The summed E-state index contributed by atoms with van der Waals surface area (Å²) in [6.07, 6.45) is 1.70. The molecule has 0 N–H and O–H groups in total. The third-order valence-electron chi connectivity index (χ3n) is 5.26. The molecule has 1 aromatic heterocycles. The molecule has 1 fully saturated rings. The molecule has 1 atom stereocenters. The van der Waals surface area contributed by atoms with Crippen molar-refractivity contribution in [2.24, 2.45) is 0 Å². The molecule has 0 amide bonds. The van der Waals surface area contributed by atoms with Gasteiger partial charge in [-0.25, -0.2) is 4.79 Å². The Kier molecular flexibility index (Phi) is 6.40. The number of nitrogens with zero attached hydrogens (tertiary/aromatic N) is 1. The molecule has 4 rings (SSSR count). The molecular weight excluding hydrogens is 390 g/mol. The van der Waals surface area contributed by atoms with E-state index in [2.05, 4.69) is 4.90 Å². The number of rotatable bonds is 3. The lowest BCUT2D eigenvalue weighted by Crippen LogP contribution is -2.38. The second kappa shape index (κ2) is 8.80. The Bertz CT molecular complexity index is 1080. The monoisotopic (exact) mass is 413 g/mol. The maximum absolute atomic E-state index is 12.9. The standard InChI is InChI=1S/C23H23NO4.ClH/c1-15-20(25)18-11-6-12-19(23(26)27-17-10-7-13-24(2)14-17)22(18)28-21(15)16-8-4-3-5-9-16;/h3-6,8-9,11-12,17H,7,10,13-14H2,1-2H3;1H. The van der Waals surface area contributed by atoms with Crippen molar-refractivity contribution < 1.29 is 13.9 Å². The van der Waals surface area contributed by atoms with Gasteiger partial charge in [0.1, 0.15) is 17.4 Å². The van der Waals surface area contributed by atoms with E-state index in [9.17, 15) is 9.59 Å². The van der Waals surface area contributed by atoms with E-state index >= 15 is 0 Å². The molecule has 6 heteroatoms. The Hall–Kier alpha value is -2.63. The lowest BCUT2D eigenvalue weighted by atomic mass is 10.0. The van der Waals surface area contributed by atoms with E-state index in [0.717, 1.165) is 31.5 Å². The molecule has 1 saturated heterocycles. The van der Waals surface area contributed by atoms with Crippen LogP contribution in [0.25, 0.3) is 22.3 Å². The van der Waals surface area contributed by atoms with Crippen molar-refractivity contribution in [3.05, 3.63) is 69.9 Å². The van der Waals surface area contributed by atoms with Crippen molar-refractivity contribution in [1.29, 1.82) is 0 Å². The van der Waals surface area contributed by atoms with Gasteiger partial charge in [-0.3, -0.25) is 4.79 Å². The number of ether oxygens (including phenoxy) is 1. The average molecular weight is 414 g/mol. The summed E-state index contributed by atoms with van der Waals surface area (Å²) in [5.41, 5.74) is 1.77. The van der Waals surface area contributed by atoms with Crippen molar-refractivity contribution >= 4 is 29.3 Å². The second-order valence-corrected chi connectivity index (χ2v) is 7.37. The van der Waals surface area contributed by atoms with Crippen LogP contribution in [0, 0.1) is 6.92 Å². The molecule has 5 nitrogen and oxygen atoms in total. The molecule has 1 aliphatic rings. The van der Waals surface area contributed by atoms with Crippen molar-refractivity contribution in [3.8, 4) is 11.3 Å². The number of likely N-dealkylation sites (N-methyl/N-ethyl adjacent to an activating group) is 1. The first kappa shape index (κ1) is 21.1. The van der Waals surface area contributed by atoms with Gasteiger partial charge in [-0.2, -0.15) is 0 Å². The molecule has 0 bridgehead atoms. The molecule has 29 heavy (non-hydrogen) atoms. The summed E-state index contributed by atoms with van der Waals surface area (Å²) in [5, 5.41) is 0.396. The van der Waals surface area contributed by atoms with Gasteiger partial charge < -0.3 is 14.1 Å². The minimum Gasteiger partial charge on any atom is -0.457 e. The quantitative estimate of drug-likeness (QED) is 0.594. The number of halogens is 1. The van der Waals surface area contributed by atoms with E-state index in [0.29, 0.717) is 22.3 Å². The predicted octanol–water partition coefficient (Wildman–Crippen LogP) is 4.44. The lowest BCUT2D eigenvalue weighted by molar-refractivity contribution is 0.0109. The molecule has 0 radical (unpaired) electrons. The number of carbonyl (C=O) groups excluding carboxylic acids is 1. The van der Waals surface area contributed by atoms with Crippen LogP contribution in [0.2, 0.25) is 0 Å². The number of carbonyl (C=O) groups is 1. The number of piperidine rings is 1. The molecule has 1 unspecified atom stereocenters. The maximum atomic E-state index is 12.9. The molecule has 152 valence electrons. The van der Waals surface area contributed by atoms with E-state index in [1.807, 2.05) is 37.4 Å². The zero-order chi connectivity index (χ0) is 19.7. The minimum absolute atomic E-state index is 0. The Labute approximate surface area is 175 Å². The molecule has 2 aromatic carbocycles. The summed E-state index contributed by atoms with van der Waals surface area (Å²) in [6.45, 7) is 3.47. The van der Waals surface area contributed by atoms with Crippen molar-refractivity contribution in [2.45, 2.75) is 25.9 Å². The van der Waals surface area contributed by atoms with Gasteiger partial charge in [0.25, 0.3) is 0 Å². The Morgan fingerprint density at radius 3 is 2.62 bits per heavy atom. The van der Waals surface area contributed by atoms with Crippen LogP contribution in [0.4, 0.5) is 0 Å². The third kappa shape index (κ3) is 4.21. The normalized spacial score (nSPS) is 17.0. The predicted molar refractivity (Wildman–Crippen MR) is 116 cm³/mol. The van der Waals surface area contributed by atoms with Crippen LogP contribution in [-0.4, -0.2) is 37.1 Å². The first-order chi connectivity index (χ1) is 13.5. The zero-order valence-electron chi connectivity index (χ0n) is 16.5. The lowest BCUT2D eigenvalue weighted by Gasteiger charge is -2.29. The number of esters is 1. The van der Waals surface area contributed by atoms with Gasteiger partial charge in [0, 0.05) is 17.7 Å². The Morgan fingerprint density at radius 2 is 1.90 bits per heavy atom. The molecule has 2 heterocycles. The van der Waals surface area contributed by atoms with Crippen LogP contribution in [0.3, 0.4) is 0 Å². The highest BCUT2D eigenvalue weighted by molar-refractivity contribution is 6.02. The van der Waals surface area contributed by atoms with Gasteiger partial charge in [-0.15, -0.1) is 12.4 Å². The summed E-state index contributed by atoms with van der Waals surface area (Å²) in [6, 6.07) is 14.5. The number of hydrogen-bond acceptors (Lipinski definition) is 5. The van der Waals surface area contributed by atoms with Gasteiger partial charge in [-0.05, 0) is 45.5 Å². The van der Waals surface area contributed by atoms with Crippen molar-refractivity contribution in [3.63, 3.8) is 0 Å². The summed E-state index contributed by atoms with van der Waals surface area (Å²) in [5.74, 6) is 0.0349. The summed E-state index contributed by atoms with van der Waals surface area (Å²) in [4.78, 5) is 27.9. The fourth-order valence-electron chi connectivity index (χ4n) is 3.77. The average Bonchev–Trinajstić information content (AvgIpc) is 2.71. The van der Waals surface area contributed by atoms with Gasteiger partial charge in [0.2, 0.25) is 0 Å². The SMILES string of the molecule is Cc1c(-c2ccccc2)oc2c(C(=O)OC3CCCN(C)C3)cccc2c1=O.Cl. The highest BCUT2D eigenvalue weighted by atomic mass is 35.5. The number of fused-ring (bicyclic) bond motifs is 1. The Morgan fingerprint density at radius 1 is 1.14 bits per heavy atom. The van der Waals surface area contributed by atoms with Crippen LogP contribution in [-0.2, 0) is 4.74 Å². The Balaban J connectivity index is 0.00000240. The smallest absolute Gasteiger partial charge is 0.342 e. The fourth-order valence-corrected chi connectivity index (χ4v) is 3.77. The number of para-hydroxylation sites is 1. The number of likely N-dealkylation sites (tertiary alicyclic amines) is 1. The van der Waals surface area contributed by atoms with Crippen LogP contribution in [0.15, 0.2) is 57.7 Å². The van der Waals surface area contributed by atoms with E-state index < -0.39 is 5.97 Å². The molecule has 3 aromatic rings. The number of benzene rings is 2. The van der Waals surface area contributed by atoms with Gasteiger partial charge in [0.15, 0.2) is 11.0 Å². The van der Waals surface area contributed by atoms with E-state index in [4.69, 9.17) is 9.15 Å². The van der Waals surface area contributed by atoms with Crippen LogP contribution in [0.1, 0.15) is 28.8 Å². The summed E-state index contributed by atoms with van der Waals surface area (Å²) in [7, 11) is 2.02. The molecule has 0 aliphatic carbocycles. The van der Waals surface area contributed by atoms with E-state index in [1.165, 1.54) is 0 Å². The molecular formula is C23H24ClNO4. The van der Waals surface area contributed by atoms with E-state index in [-0.39, 0.29) is 29.5 Å². The maximum Gasteiger partial charge on any atom is 0.342 e. The zero-order valence-corrected chi connectivity index (χ0v) is 17.3. The van der Waals surface area contributed by atoms with Gasteiger partial charge >= 0.3 is 5.97 Å². The molecule has 0 saturated carbocycles. The summed E-state index contributed by atoms with van der Waals surface area (Å²) < 4.78 is 11.8. The number of hydrogen-bond donors (Lipinski definition) is 0. The second-order valence-electron chi connectivity index (χ2n) is 7.37. The van der Waals surface area contributed by atoms with Crippen LogP contribution in [0.5, 0.6) is 0 Å². The largest absolute Gasteiger partial charge is 0.457 e. The highest BCUT2D eigenvalue weighted by Crippen LogP contribution is 2.28. The van der Waals surface area contributed by atoms with E-state index in [1.54, 1.807) is 25.1 Å². The minimum atomic E-state index is -0.447. The topological polar surface area (TPSA) is 59.8 Å². The van der Waals surface area contributed by atoms with Crippen molar-refractivity contribution in [1.82, 2.24) is 4.90 Å². The van der Waals surface area contributed by atoms with Gasteiger partial charge in [0.05, 0.1) is 5.39 Å². The summed E-state index contributed by atoms with van der Waals surface area (Å²) >= 11 is 0. The first-order valence-electron chi connectivity index (χ1n) is 9.56.